The number of rotatable bonds is 6. The molecule has 6 heteroatoms. The summed E-state index contributed by atoms with van der Waals surface area (Å²) in [5.74, 6) is 1.74. The maximum absolute atomic E-state index is 12.1. The number of amides is 1. The van der Waals surface area contributed by atoms with E-state index in [2.05, 4.69) is 20.8 Å². The van der Waals surface area contributed by atoms with Gasteiger partial charge in [-0.25, -0.2) is 0 Å². The largest absolute Gasteiger partial charge is 0.467 e. The van der Waals surface area contributed by atoms with Crippen LogP contribution in [-0.2, 0) is 17.8 Å². The summed E-state index contributed by atoms with van der Waals surface area (Å²) in [6, 6.07) is 15.0. The molecule has 0 fully saturated rings. The Balaban J connectivity index is 1.54. The zero-order valence-corrected chi connectivity index (χ0v) is 13.3. The van der Waals surface area contributed by atoms with E-state index >= 15 is 0 Å². The van der Waals surface area contributed by atoms with Crippen LogP contribution in [0.5, 0.6) is 0 Å². The van der Waals surface area contributed by atoms with E-state index in [1.165, 1.54) is 0 Å². The molecule has 0 aliphatic rings. The first-order valence-corrected chi connectivity index (χ1v) is 7.65. The fourth-order valence-electron chi connectivity index (χ4n) is 2.25. The molecule has 0 atom stereocenters. The average molecular weight is 322 g/mol. The van der Waals surface area contributed by atoms with Crippen molar-refractivity contribution in [3.8, 4) is 0 Å². The highest BCUT2D eigenvalue weighted by Gasteiger charge is 2.07. The fourth-order valence-corrected chi connectivity index (χ4v) is 2.25. The highest BCUT2D eigenvalue weighted by Crippen LogP contribution is 2.11. The van der Waals surface area contributed by atoms with Gasteiger partial charge in [-0.1, -0.05) is 24.3 Å². The summed E-state index contributed by atoms with van der Waals surface area (Å²) in [6.45, 7) is 2.52. The summed E-state index contributed by atoms with van der Waals surface area (Å²) >= 11 is 0. The second-order valence-electron chi connectivity index (χ2n) is 5.39. The van der Waals surface area contributed by atoms with Gasteiger partial charge in [0.15, 0.2) is 5.82 Å². The molecular weight excluding hydrogens is 304 g/mol. The molecule has 2 N–H and O–H groups in total. The summed E-state index contributed by atoms with van der Waals surface area (Å²) in [4.78, 5) is 12.1. The zero-order chi connectivity index (χ0) is 16.8. The molecule has 0 saturated heterocycles. The molecule has 3 aromatic rings. The average Bonchev–Trinajstić information content (AvgIpc) is 3.10. The maximum Gasteiger partial charge on any atom is 0.230 e. The number of nitrogens with zero attached hydrogens (tertiary/aromatic N) is 2. The summed E-state index contributed by atoms with van der Waals surface area (Å²) in [5.41, 5.74) is 2.09. The van der Waals surface area contributed by atoms with Crippen LogP contribution in [0.15, 0.2) is 59.2 Å². The molecule has 0 aliphatic carbocycles. The van der Waals surface area contributed by atoms with Crippen molar-refractivity contribution >= 4 is 17.5 Å². The molecule has 0 radical (unpaired) electrons. The highest BCUT2D eigenvalue weighted by atomic mass is 16.3. The number of aromatic nitrogens is 2. The number of anilines is 2. The van der Waals surface area contributed by atoms with Crippen molar-refractivity contribution in [1.29, 1.82) is 0 Å². The molecule has 24 heavy (non-hydrogen) atoms. The Morgan fingerprint density at radius 1 is 1.04 bits per heavy atom. The molecule has 3 rings (SSSR count). The predicted octanol–water partition coefficient (Wildman–Crippen LogP) is 3.17. The molecule has 1 amide bonds. The van der Waals surface area contributed by atoms with Crippen LogP contribution in [0.2, 0.25) is 0 Å². The van der Waals surface area contributed by atoms with E-state index in [1.54, 1.807) is 18.4 Å². The number of nitrogens with one attached hydrogen (secondary N) is 2. The van der Waals surface area contributed by atoms with Crippen LogP contribution in [0, 0.1) is 6.92 Å². The molecule has 1 aromatic carbocycles. The minimum Gasteiger partial charge on any atom is -0.467 e. The van der Waals surface area contributed by atoms with Gasteiger partial charge in [0, 0.05) is 0 Å². The highest BCUT2D eigenvalue weighted by molar-refractivity contribution is 5.91. The lowest BCUT2D eigenvalue weighted by atomic mass is 10.1. The fraction of sp³-hybridized carbons (Fsp3) is 0.167. The minimum atomic E-state index is -0.116. The number of furan rings is 1. The van der Waals surface area contributed by atoms with E-state index < -0.39 is 0 Å². The van der Waals surface area contributed by atoms with E-state index in [0.29, 0.717) is 24.6 Å². The van der Waals surface area contributed by atoms with Gasteiger partial charge >= 0.3 is 0 Å². The molecule has 122 valence electrons. The third kappa shape index (κ3) is 4.19. The van der Waals surface area contributed by atoms with Crippen LogP contribution in [0.1, 0.15) is 16.9 Å². The first-order chi connectivity index (χ1) is 11.7. The zero-order valence-electron chi connectivity index (χ0n) is 13.3. The smallest absolute Gasteiger partial charge is 0.230 e. The molecule has 0 saturated carbocycles. The standard InChI is InChI=1S/C18H18N4O2/c1-13-5-2-3-6-14(13)11-18(23)20-17-9-8-16(21-22-17)19-12-15-7-4-10-24-15/h2-10H,11-12H2,1H3,(H,19,21)(H,20,22,23). The first kappa shape index (κ1) is 15.7. The summed E-state index contributed by atoms with van der Waals surface area (Å²) in [5, 5.41) is 13.9. The van der Waals surface area contributed by atoms with Crippen molar-refractivity contribution in [2.45, 2.75) is 19.9 Å². The van der Waals surface area contributed by atoms with Crippen molar-refractivity contribution in [1.82, 2.24) is 10.2 Å². The van der Waals surface area contributed by atoms with E-state index in [9.17, 15) is 4.79 Å². The van der Waals surface area contributed by atoms with E-state index in [-0.39, 0.29) is 5.91 Å². The van der Waals surface area contributed by atoms with Crippen LogP contribution >= 0.6 is 0 Å². The van der Waals surface area contributed by atoms with Crippen molar-refractivity contribution < 1.29 is 9.21 Å². The van der Waals surface area contributed by atoms with Crippen LogP contribution < -0.4 is 10.6 Å². The Hall–Kier alpha value is -3.15. The van der Waals surface area contributed by atoms with Crippen molar-refractivity contribution in [2.24, 2.45) is 0 Å². The van der Waals surface area contributed by atoms with Crippen molar-refractivity contribution in [2.75, 3.05) is 10.6 Å². The second-order valence-corrected chi connectivity index (χ2v) is 5.39. The van der Waals surface area contributed by atoms with Crippen LogP contribution in [0.4, 0.5) is 11.6 Å². The van der Waals surface area contributed by atoms with Crippen molar-refractivity contribution in [3.63, 3.8) is 0 Å². The van der Waals surface area contributed by atoms with E-state index in [4.69, 9.17) is 4.42 Å². The van der Waals surface area contributed by atoms with Crippen LogP contribution in [0.3, 0.4) is 0 Å². The Morgan fingerprint density at radius 2 is 1.83 bits per heavy atom. The van der Waals surface area contributed by atoms with Crippen molar-refractivity contribution in [3.05, 3.63) is 71.7 Å². The molecular formula is C18H18N4O2. The minimum absolute atomic E-state index is 0.116. The molecule has 0 bridgehead atoms. The lowest BCUT2D eigenvalue weighted by molar-refractivity contribution is -0.115. The number of carbonyl (C=O) groups excluding carboxylic acids is 1. The number of aryl methyl sites for hydroxylation is 1. The van der Waals surface area contributed by atoms with E-state index in [0.717, 1.165) is 16.9 Å². The summed E-state index contributed by atoms with van der Waals surface area (Å²) < 4.78 is 5.23. The van der Waals surface area contributed by atoms with Crippen LogP contribution in [0.25, 0.3) is 0 Å². The third-order valence-electron chi connectivity index (χ3n) is 3.57. The Bertz CT molecular complexity index is 798. The van der Waals surface area contributed by atoms with Gasteiger partial charge in [-0.2, -0.15) is 0 Å². The van der Waals surface area contributed by atoms with Gasteiger partial charge in [0.2, 0.25) is 5.91 Å². The van der Waals surface area contributed by atoms with Gasteiger partial charge < -0.3 is 15.1 Å². The first-order valence-electron chi connectivity index (χ1n) is 7.65. The molecule has 0 unspecified atom stereocenters. The van der Waals surface area contributed by atoms with Gasteiger partial charge in [0.25, 0.3) is 0 Å². The number of benzene rings is 1. The number of hydrogen-bond donors (Lipinski definition) is 2. The molecule has 6 nitrogen and oxygen atoms in total. The Labute approximate surface area is 139 Å². The van der Waals surface area contributed by atoms with Gasteiger partial charge in [0.05, 0.1) is 19.2 Å². The molecule has 0 spiro atoms. The Morgan fingerprint density at radius 3 is 2.54 bits per heavy atom. The molecule has 0 aliphatic heterocycles. The number of carbonyl (C=O) groups is 1. The Kier molecular flexibility index (Phi) is 4.86. The maximum atomic E-state index is 12.1. The number of hydrogen-bond acceptors (Lipinski definition) is 5. The van der Waals surface area contributed by atoms with Gasteiger partial charge in [-0.15, -0.1) is 10.2 Å². The monoisotopic (exact) mass is 322 g/mol. The SMILES string of the molecule is Cc1ccccc1CC(=O)Nc1ccc(NCc2ccco2)nn1. The molecule has 2 heterocycles. The van der Waals surface area contributed by atoms with Gasteiger partial charge in [-0.05, 0) is 42.3 Å². The van der Waals surface area contributed by atoms with Crippen LogP contribution in [-0.4, -0.2) is 16.1 Å². The van der Waals surface area contributed by atoms with Gasteiger partial charge in [0.1, 0.15) is 11.6 Å². The van der Waals surface area contributed by atoms with Gasteiger partial charge in [-0.3, -0.25) is 4.79 Å². The summed E-state index contributed by atoms with van der Waals surface area (Å²) in [7, 11) is 0. The summed E-state index contributed by atoms with van der Waals surface area (Å²) in [6.07, 6.45) is 1.93. The topological polar surface area (TPSA) is 80.0 Å². The lowest BCUT2D eigenvalue weighted by Gasteiger charge is -2.07. The van der Waals surface area contributed by atoms with E-state index in [1.807, 2.05) is 43.3 Å². The quantitative estimate of drug-likeness (QED) is 0.728. The lowest BCUT2D eigenvalue weighted by Crippen LogP contribution is -2.16. The second kappa shape index (κ2) is 7.41. The normalized spacial score (nSPS) is 10.4. The third-order valence-corrected chi connectivity index (χ3v) is 3.57. The predicted molar refractivity (Wildman–Crippen MR) is 91.6 cm³/mol. The molecule has 2 aromatic heterocycles.